The number of hydrogen-bond acceptors (Lipinski definition) is 6. The number of nitrogens with zero attached hydrogens (tertiary/aromatic N) is 3. The summed E-state index contributed by atoms with van der Waals surface area (Å²) in [5.74, 6) is 0.448. The minimum Gasteiger partial charge on any atom is -0.388 e. The van der Waals surface area contributed by atoms with Crippen molar-refractivity contribution in [3.8, 4) is 0 Å². The highest BCUT2D eigenvalue weighted by atomic mass is 16.6. The highest BCUT2D eigenvalue weighted by Crippen LogP contribution is 2.32. The van der Waals surface area contributed by atoms with E-state index < -0.39 is 24.5 Å². The Morgan fingerprint density at radius 3 is 2.85 bits per heavy atom. The molecule has 8 heteroatoms. The van der Waals surface area contributed by atoms with Gasteiger partial charge in [0.25, 0.3) is 5.56 Å². The second kappa shape index (κ2) is 4.65. The number of imidazole rings is 1. The van der Waals surface area contributed by atoms with Crippen LogP contribution in [0.4, 0.5) is 0 Å². The normalized spacial score (nSPS) is 30.2. The Bertz CT molecular complexity index is 694. The predicted octanol–water partition coefficient (Wildman–Crippen LogP) is -0.543. The van der Waals surface area contributed by atoms with Crippen molar-refractivity contribution in [1.29, 1.82) is 0 Å². The van der Waals surface area contributed by atoms with Gasteiger partial charge in [-0.25, -0.2) is 9.97 Å². The Kier molecular flexibility index (Phi) is 3.08. The molecule has 3 rings (SSSR count). The third-order valence-corrected chi connectivity index (χ3v) is 3.56. The average molecular weight is 280 g/mol. The topological polar surface area (TPSA) is 113 Å². The Balaban J connectivity index is 2.09. The van der Waals surface area contributed by atoms with Crippen LogP contribution in [0.15, 0.2) is 11.1 Å². The van der Waals surface area contributed by atoms with E-state index in [1.807, 2.05) is 6.92 Å². The van der Waals surface area contributed by atoms with Gasteiger partial charge in [0.1, 0.15) is 18.0 Å². The first-order valence-electron chi connectivity index (χ1n) is 6.48. The number of aryl methyl sites for hydroxylation is 1. The van der Waals surface area contributed by atoms with Gasteiger partial charge in [-0.3, -0.25) is 9.36 Å². The Morgan fingerprint density at radius 1 is 1.45 bits per heavy atom. The maximum atomic E-state index is 11.8. The van der Waals surface area contributed by atoms with Gasteiger partial charge in [-0.2, -0.15) is 0 Å². The molecule has 20 heavy (non-hydrogen) atoms. The summed E-state index contributed by atoms with van der Waals surface area (Å²) in [6.07, 6.45) is -1.33. The van der Waals surface area contributed by atoms with E-state index in [1.165, 1.54) is 10.9 Å². The molecule has 0 radical (unpaired) electrons. The van der Waals surface area contributed by atoms with Crippen molar-refractivity contribution in [2.45, 2.75) is 44.8 Å². The molecule has 1 saturated heterocycles. The molecule has 0 saturated carbocycles. The quantitative estimate of drug-likeness (QED) is 0.680. The first kappa shape index (κ1) is 13.2. The lowest BCUT2D eigenvalue weighted by molar-refractivity contribution is -0.0355. The van der Waals surface area contributed by atoms with Gasteiger partial charge in [0.15, 0.2) is 17.4 Å². The first-order valence-corrected chi connectivity index (χ1v) is 6.48. The van der Waals surface area contributed by atoms with Crippen LogP contribution in [0.5, 0.6) is 0 Å². The van der Waals surface area contributed by atoms with Crippen LogP contribution in [0.3, 0.4) is 0 Å². The Morgan fingerprint density at radius 2 is 2.20 bits per heavy atom. The van der Waals surface area contributed by atoms with Crippen LogP contribution in [0.25, 0.3) is 11.2 Å². The molecule has 0 aromatic carbocycles. The molecule has 108 valence electrons. The van der Waals surface area contributed by atoms with Crippen molar-refractivity contribution in [3.05, 3.63) is 22.5 Å². The van der Waals surface area contributed by atoms with Crippen LogP contribution >= 0.6 is 0 Å². The second-order valence-electron chi connectivity index (χ2n) is 4.93. The van der Waals surface area contributed by atoms with Crippen molar-refractivity contribution in [3.63, 3.8) is 0 Å². The lowest BCUT2D eigenvalue weighted by atomic mass is 10.1. The molecule has 1 fully saturated rings. The van der Waals surface area contributed by atoms with Gasteiger partial charge in [-0.1, -0.05) is 6.92 Å². The predicted molar refractivity (Wildman–Crippen MR) is 69.1 cm³/mol. The van der Waals surface area contributed by atoms with E-state index >= 15 is 0 Å². The molecule has 1 aliphatic heterocycles. The molecule has 4 atom stereocenters. The lowest BCUT2D eigenvalue weighted by Gasteiger charge is -2.16. The Hall–Kier alpha value is -1.77. The number of nitrogens with one attached hydrogen (secondary N) is 1. The van der Waals surface area contributed by atoms with Crippen molar-refractivity contribution in [2.24, 2.45) is 0 Å². The molecular formula is C12H16N4O4. The summed E-state index contributed by atoms with van der Waals surface area (Å²) in [5.41, 5.74) is 0.173. The summed E-state index contributed by atoms with van der Waals surface area (Å²) in [6, 6.07) is 0. The van der Waals surface area contributed by atoms with Crippen molar-refractivity contribution in [1.82, 2.24) is 19.5 Å². The van der Waals surface area contributed by atoms with Gasteiger partial charge in [0, 0.05) is 0 Å². The highest BCUT2D eigenvalue weighted by molar-refractivity contribution is 5.69. The van der Waals surface area contributed by atoms with Crippen molar-refractivity contribution in [2.75, 3.05) is 0 Å². The van der Waals surface area contributed by atoms with Crippen LogP contribution in [-0.2, 0) is 4.74 Å². The Labute approximate surface area is 114 Å². The molecular weight excluding hydrogens is 264 g/mol. The van der Waals surface area contributed by atoms with E-state index in [1.54, 1.807) is 6.92 Å². The van der Waals surface area contributed by atoms with Crippen LogP contribution in [0.1, 0.15) is 25.4 Å². The van der Waals surface area contributed by atoms with E-state index in [9.17, 15) is 15.0 Å². The summed E-state index contributed by atoms with van der Waals surface area (Å²) in [6.45, 7) is 3.52. The third-order valence-electron chi connectivity index (χ3n) is 3.56. The molecule has 3 N–H and O–H groups in total. The minimum atomic E-state index is -1.08. The molecule has 1 aliphatic rings. The lowest BCUT2D eigenvalue weighted by Crippen LogP contribution is -2.31. The van der Waals surface area contributed by atoms with Crippen LogP contribution < -0.4 is 5.56 Å². The summed E-state index contributed by atoms with van der Waals surface area (Å²) in [5, 5.41) is 20.0. The van der Waals surface area contributed by atoms with Crippen LogP contribution in [-0.4, -0.2) is 48.0 Å². The number of rotatable bonds is 2. The number of fused-ring (bicyclic) bond motifs is 1. The van der Waals surface area contributed by atoms with Crippen molar-refractivity contribution < 1.29 is 14.9 Å². The molecule has 1 unspecified atom stereocenters. The minimum absolute atomic E-state index is 0.181. The number of H-pyrrole nitrogens is 1. The van der Waals surface area contributed by atoms with Gasteiger partial charge in [-0.05, 0) is 13.3 Å². The molecule has 3 heterocycles. The molecule has 0 aliphatic carbocycles. The number of aliphatic hydroxyl groups is 2. The summed E-state index contributed by atoms with van der Waals surface area (Å²) in [4.78, 5) is 22.6. The number of aromatic amines is 1. The van der Waals surface area contributed by atoms with Gasteiger partial charge < -0.3 is 19.9 Å². The van der Waals surface area contributed by atoms with Crippen molar-refractivity contribution >= 4 is 11.2 Å². The van der Waals surface area contributed by atoms with Gasteiger partial charge in [-0.15, -0.1) is 0 Å². The molecule has 2 aromatic heterocycles. The number of aliphatic hydroxyl groups excluding tert-OH is 2. The zero-order valence-electron chi connectivity index (χ0n) is 11.1. The number of aromatic nitrogens is 4. The van der Waals surface area contributed by atoms with E-state index in [4.69, 9.17) is 4.74 Å². The van der Waals surface area contributed by atoms with Crippen LogP contribution in [0, 0.1) is 6.92 Å². The molecule has 0 amide bonds. The smallest absolute Gasteiger partial charge is 0.279 e. The fourth-order valence-electron chi connectivity index (χ4n) is 2.52. The van der Waals surface area contributed by atoms with Gasteiger partial charge >= 0.3 is 0 Å². The molecule has 0 bridgehead atoms. The molecule has 2 aromatic rings. The summed E-state index contributed by atoms with van der Waals surface area (Å²) >= 11 is 0. The molecule has 0 spiro atoms. The number of ether oxygens (including phenoxy) is 1. The first-order chi connectivity index (χ1) is 9.52. The third kappa shape index (κ3) is 1.84. The fourth-order valence-corrected chi connectivity index (χ4v) is 2.52. The van der Waals surface area contributed by atoms with E-state index in [0.29, 0.717) is 17.9 Å². The largest absolute Gasteiger partial charge is 0.388 e. The van der Waals surface area contributed by atoms with E-state index in [0.717, 1.165) is 0 Å². The number of hydrogen-bond donors (Lipinski definition) is 3. The maximum absolute atomic E-state index is 11.8. The van der Waals surface area contributed by atoms with Gasteiger partial charge in [0.2, 0.25) is 0 Å². The second-order valence-corrected chi connectivity index (χ2v) is 4.93. The van der Waals surface area contributed by atoms with Crippen LogP contribution in [0.2, 0.25) is 0 Å². The maximum Gasteiger partial charge on any atom is 0.279 e. The SMILES string of the molecule is CC[C@H]1O[C@@H](n2cnc3c(=O)[nH]c(C)nc32)[C@@H](O)C1O. The summed E-state index contributed by atoms with van der Waals surface area (Å²) in [7, 11) is 0. The standard InChI is InChI=1S/C12H16N4O4/c1-3-6-8(17)9(18)12(20-6)16-4-13-7-10(16)14-5(2)15-11(7)19/h4,6,8-9,12,17-18H,3H2,1-2H3,(H,14,15,19)/t6-,8?,9+,12-/m1/s1. The average Bonchev–Trinajstić information content (AvgIpc) is 2.93. The highest BCUT2D eigenvalue weighted by Gasteiger charge is 2.43. The zero-order valence-corrected chi connectivity index (χ0v) is 11.1. The summed E-state index contributed by atoms with van der Waals surface area (Å²) < 4.78 is 7.13. The fraction of sp³-hybridized carbons (Fsp3) is 0.583. The van der Waals surface area contributed by atoms with E-state index in [2.05, 4.69) is 15.0 Å². The monoisotopic (exact) mass is 280 g/mol. The molecule has 8 nitrogen and oxygen atoms in total. The zero-order chi connectivity index (χ0) is 14.4. The van der Waals surface area contributed by atoms with Gasteiger partial charge in [0.05, 0.1) is 12.4 Å². The van der Waals surface area contributed by atoms with E-state index in [-0.39, 0.29) is 11.1 Å².